The van der Waals surface area contributed by atoms with Crippen molar-refractivity contribution in [2.75, 3.05) is 48.8 Å². The highest BCUT2D eigenvalue weighted by atomic mass is 19.4. The fourth-order valence-electron chi connectivity index (χ4n) is 4.43. The molecule has 2 aromatic heterocycles. The molecule has 1 aliphatic rings. The van der Waals surface area contributed by atoms with Crippen molar-refractivity contribution < 1.29 is 18.2 Å². The predicted octanol–water partition coefficient (Wildman–Crippen LogP) is 4.70. The number of H-pyrrole nitrogens is 2. The van der Waals surface area contributed by atoms with E-state index in [9.17, 15) is 13.2 Å². The van der Waals surface area contributed by atoms with Crippen LogP contribution in [0.5, 0.6) is 0 Å². The zero-order chi connectivity index (χ0) is 26.0. The van der Waals surface area contributed by atoms with Gasteiger partial charge in [-0.1, -0.05) is 17.1 Å². The van der Waals surface area contributed by atoms with E-state index in [0.717, 1.165) is 22.7 Å². The van der Waals surface area contributed by atoms with Gasteiger partial charge in [0.1, 0.15) is 0 Å². The van der Waals surface area contributed by atoms with Crippen molar-refractivity contribution in [2.45, 2.75) is 12.6 Å². The van der Waals surface area contributed by atoms with E-state index in [4.69, 9.17) is 5.26 Å². The topological polar surface area (TPSA) is 97.1 Å². The zero-order valence-electron chi connectivity index (χ0n) is 20.2. The van der Waals surface area contributed by atoms with Gasteiger partial charge in [-0.2, -0.15) is 18.4 Å². The van der Waals surface area contributed by atoms with Gasteiger partial charge in [-0.15, -0.1) is 0 Å². The van der Waals surface area contributed by atoms with E-state index in [-0.39, 0.29) is 23.7 Å². The van der Waals surface area contributed by atoms with Crippen LogP contribution in [0.2, 0.25) is 0 Å². The zero-order valence-corrected chi connectivity index (χ0v) is 20.2. The molecule has 37 heavy (non-hydrogen) atoms. The van der Waals surface area contributed by atoms with Gasteiger partial charge in [0, 0.05) is 43.8 Å². The van der Waals surface area contributed by atoms with Crippen molar-refractivity contribution in [1.29, 1.82) is 5.26 Å². The molecule has 0 bridgehead atoms. The third-order valence-electron chi connectivity index (χ3n) is 6.35. The molecule has 0 atom stereocenters. The van der Waals surface area contributed by atoms with Crippen LogP contribution in [0.25, 0.3) is 11.0 Å². The summed E-state index contributed by atoms with van der Waals surface area (Å²) in [6.07, 6.45) is -2.47. The number of anilines is 5. The maximum absolute atomic E-state index is 14.0. The van der Waals surface area contributed by atoms with Gasteiger partial charge < -0.3 is 15.1 Å². The normalized spacial score (nSPS) is 14.5. The van der Waals surface area contributed by atoms with E-state index in [1.54, 1.807) is 17.2 Å². The van der Waals surface area contributed by atoms with Gasteiger partial charge in [0.15, 0.2) is 0 Å². The Morgan fingerprint density at radius 1 is 1.05 bits per heavy atom. The summed E-state index contributed by atoms with van der Waals surface area (Å²) >= 11 is 0. The van der Waals surface area contributed by atoms with Gasteiger partial charge in [0.2, 0.25) is 11.5 Å². The van der Waals surface area contributed by atoms with E-state index >= 15 is 0 Å². The standard InChI is InChI=1S/C26H25F3N8/c1-36-11-13-37(14-12-36)22-6-5-19(16-21(22)26(27,28)29)33-25-34-23-20(8-10-31-23)24(35-25)32-18-4-2-3-17(15-18)7-9-30/h2-6,8,10,15-16H,7,11-14H2,1H3,(H3,31,32,33,34,35)/p+1. The molecule has 2 aromatic carbocycles. The molecule has 4 aromatic rings. The Kier molecular flexibility index (Phi) is 6.58. The lowest BCUT2D eigenvalue weighted by atomic mass is 10.1. The summed E-state index contributed by atoms with van der Waals surface area (Å²) in [5, 5.41) is 16.0. The summed E-state index contributed by atoms with van der Waals surface area (Å²) in [5.41, 5.74) is 2.02. The summed E-state index contributed by atoms with van der Waals surface area (Å²) in [6, 6.07) is 15.7. The number of hydrogen-bond donors (Lipinski definition) is 3. The maximum atomic E-state index is 14.0. The molecule has 0 aliphatic carbocycles. The average molecular weight is 508 g/mol. The predicted molar refractivity (Wildman–Crippen MR) is 136 cm³/mol. The first kappa shape index (κ1) is 24.4. The van der Waals surface area contributed by atoms with E-state index in [1.165, 1.54) is 6.07 Å². The highest BCUT2D eigenvalue weighted by Crippen LogP contribution is 2.39. The molecule has 5 rings (SSSR count). The summed E-state index contributed by atoms with van der Waals surface area (Å²) in [5.74, 6) is 0.780. The SMILES string of the molecule is CN1CCN(c2ccc(Nc3nc(Nc4cccc(CC#N)c4)c4cc[nH]c4[nH+]3)cc2C(F)(F)F)CC1. The highest BCUT2D eigenvalue weighted by molar-refractivity contribution is 5.88. The number of aromatic nitrogens is 3. The smallest absolute Gasteiger partial charge is 0.368 e. The molecule has 190 valence electrons. The Morgan fingerprint density at radius 3 is 2.59 bits per heavy atom. The number of rotatable bonds is 6. The van der Waals surface area contributed by atoms with Crippen molar-refractivity contribution in [3.63, 3.8) is 0 Å². The lowest BCUT2D eigenvalue weighted by molar-refractivity contribution is -0.333. The molecule has 0 spiro atoms. The van der Waals surface area contributed by atoms with Crippen LogP contribution < -0.4 is 20.5 Å². The molecule has 0 unspecified atom stereocenters. The molecule has 0 amide bonds. The Labute approximate surface area is 211 Å². The van der Waals surface area contributed by atoms with Gasteiger partial charge in [-0.3, -0.25) is 10.3 Å². The van der Waals surface area contributed by atoms with Gasteiger partial charge in [-0.25, -0.2) is 4.98 Å². The highest BCUT2D eigenvalue weighted by Gasteiger charge is 2.36. The number of aromatic amines is 2. The van der Waals surface area contributed by atoms with Gasteiger partial charge >= 0.3 is 12.1 Å². The van der Waals surface area contributed by atoms with Crippen LogP contribution in [0.15, 0.2) is 54.7 Å². The molecular formula is C26H26F3N8+. The lowest BCUT2D eigenvalue weighted by Gasteiger charge is -2.35. The third-order valence-corrected chi connectivity index (χ3v) is 6.35. The number of likely N-dealkylation sites (N-methyl/N-ethyl adjacent to an activating group) is 1. The number of fused-ring (bicyclic) bond motifs is 1. The van der Waals surface area contributed by atoms with Crippen LogP contribution in [0, 0.1) is 11.3 Å². The van der Waals surface area contributed by atoms with Crippen molar-refractivity contribution in [2.24, 2.45) is 0 Å². The quantitative estimate of drug-likeness (QED) is 0.350. The van der Waals surface area contributed by atoms with Gasteiger partial charge in [0.25, 0.3) is 0 Å². The third kappa shape index (κ3) is 5.44. The minimum atomic E-state index is -4.50. The Hall–Kier alpha value is -4.30. The molecule has 8 nitrogen and oxygen atoms in total. The largest absolute Gasteiger partial charge is 0.418 e. The number of hydrogen-bond acceptors (Lipinski definition) is 6. The first-order valence-electron chi connectivity index (χ1n) is 11.9. The van der Waals surface area contributed by atoms with Crippen molar-refractivity contribution in [1.82, 2.24) is 14.9 Å². The Balaban J connectivity index is 1.45. The molecule has 0 radical (unpaired) electrons. The van der Waals surface area contributed by atoms with Gasteiger partial charge in [-0.05, 0) is 49.0 Å². The van der Waals surface area contributed by atoms with E-state index in [2.05, 4.69) is 36.6 Å². The average Bonchev–Trinajstić information content (AvgIpc) is 3.34. The lowest BCUT2D eigenvalue weighted by Crippen LogP contribution is -2.45. The number of halogens is 3. The second kappa shape index (κ2) is 9.99. The number of benzene rings is 2. The van der Waals surface area contributed by atoms with E-state index in [1.807, 2.05) is 37.4 Å². The Morgan fingerprint density at radius 2 is 1.84 bits per heavy atom. The fourth-order valence-corrected chi connectivity index (χ4v) is 4.43. The maximum Gasteiger partial charge on any atom is 0.418 e. The van der Waals surface area contributed by atoms with Crippen LogP contribution in [-0.4, -0.2) is 48.1 Å². The first-order valence-corrected chi connectivity index (χ1v) is 11.9. The van der Waals surface area contributed by atoms with Crippen molar-refractivity contribution >= 4 is 39.9 Å². The summed E-state index contributed by atoms with van der Waals surface area (Å²) < 4.78 is 42.1. The van der Waals surface area contributed by atoms with Gasteiger partial charge in [0.05, 0.1) is 29.1 Å². The molecule has 11 heteroatoms. The number of alkyl halides is 3. The van der Waals surface area contributed by atoms with Crippen molar-refractivity contribution in [3.05, 3.63) is 65.9 Å². The molecule has 1 fully saturated rings. The molecule has 1 saturated heterocycles. The summed E-state index contributed by atoms with van der Waals surface area (Å²) in [6.45, 7) is 2.49. The van der Waals surface area contributed by atoms with Crippen LogP contribution in [-0.2, 0) is 12.6 Å². The van der Waals surface area contributed by atoms with Crippen LogP contribution >= 0.6 is 0 Å². The van der Waals surface area contributed by atoms with Crippen molar-refractivity contribution in [3.8, 4) is 6.07 Å². The molecule has 1 aliphatic heterocycles. The first-order chi connectivity index (χ1) is 17.8. The number of nitrogens with one attached hydrogen (secondary N) is 4. The minimum absolute atomic E-state index is 0.183. The van der Waals surface area contributed by atoms with E-state index in [0.29, 0.717) is 37.6 Å². The van der Waals surface area contributed by atoms with Crippen LogP contribution in [0.3, 0.4) is 0 Å². The molecular weight excluding hydrogens is 481 g/mol. The fraction of sp³-hybridized carbons (Fsp3) is 0.269. The Bertz CT molecular complexity index is 1450. The minimum Gasteiger partial charge on any atom is -0.368 e. The summed E-state index contributed by atoms with van der Waals surface area (Å²) in [4.78, 5) is 14.7. The summed E-state index contributed by atoms with van der Waals surface area (Å²) in [7, 11) is 1.96. The molecule has 3 heterocycles. The van der Waals surface area contributed by atoms with E-state index < -0.39 is 11.7 Å². The molecule has 0 saturated carbocycles. The second-order valence-electron chi connectivity index (χ2n) is 9.01. The number of piperazine rings is 1. The number of nitriles is 1. The van der Waals surface area contributed by atoms with Crippen LogP contribution in [0.4, 0.5) is 42.0 Å². The number of nitrogens with zero attached hydrogens (tertiary/aromatic N) is 4. The monoisotopic (exact) mass is 507 g/mol. The van der Waals surface area contributed by atoms with Crippen LogP contribution in [0.1, 0.15) is 11.1 Å². The molecule has 4 N–H and O–H groups in total. The second-order valence-corrected chi connectivity index (χ2v) is 9.01.